The fraction of sp³-hybridized carbons (Fsp3) is 0.478. The van der Waals surface area contributed by atoms with Gasteiger partial charge in [-0.05, 0) is 35.5 Å². The largest absolute Gasteiger partial charge is 0.376 e. The van der Waals surface area contributed by atoms with Gasteiger partial charge in [0.1, 0.15) is 17.3 Å². The van der Waals surface area contributed by atoms with Gasteiger partial charge in [0.2, 0.25) is 0 Å². The van der Waals surface area contributed by atoms with Gasteiger partial charge in [-0.3, -0.25) is 0 Å². The first-order valence-electron chi connectivity index (χ1n) is 11.0. The van der Waals surface area contributed by atoms with E-state index in [9.17, 15) is 4.79 Å². The van der Waals surface area contributed by atoms with E-state index in [-0.39, 0.29) is 24.0 Å². The fourth-order valence-electron chi connectivity index (χ4n) is 4.18. The highest BCUT2D eigenvalue weighted by Crippen LogP contribution is 2.32. The minimum atomic E-state index is 0.0102. The molecule has 0 bridgehead atoms. The molecule has 0 aromatic carbocycles. The van der Waals surface area contributed by atoms with Crippen molar-refractivity contribution < 1.29 is 9.53 Å². The van der Waals surface area contributed by atoms with E-state index in [0.717, 1.165) is 60.8 Å². The molecule has 4 rings (SSSR count). The van der Waals surface area contributed by atoms with Crippen LogP contribution in [0.4, 0.5) is 5.82 Å². The first-order valence-corrected chi connectivity index (χ1v) is 11.6. The van der Waals surface area contributed by atoms with Crippen molar-refractivity contribution in [3.8, 4) is 0 Å². The monoisotopic (exact) mass is 436 g/mol. The molecular formula is C23H30BN4O2P. The van der Waals surface area contributed by atoms with Gasteiger partial charge in [0.25, 0.3) is 7.28 Å². The number of aromatic nitrogens is 3. The molecule has 2 aromatic heterocycles. The molecule has 1 saturated heterocycles. The van der Waals surface area contributed by atoms with Gasteiger partial charge < -0.3 is 14.4 Å². The Balaban J connectivity index is 1.69. The maximum atomic E-state index is 13.2. The highest BCUT2D eigenvalue weighted by molar-refractivity contribution is 7.19. The average molecular weight is 436 g/mol. The van der Waals surface area contributed by atoms with Crippen LogP contribution in [0.25, 0.3) is 5.57 Å². The maximum Gasteiger partial charge on any atom is 0.251 e. The number of ether oxygens (including phenoxy) is 1. The van der Waals surface area contributed by atoms with Gasteiger partial charge in [-0.2, -0.15) is 0 Å². The molecule has 4 heterocycles. The summed E-state index contributed by atoms with van der Waals surface area (Å²) in [6.45, 7) is 9.47. The maximum absolute atomic E-state index is 13.2. The van der Waals surface area contributed by atoms with E-state index in [4.69, 9.17) is 9.72 Å². The Labute approximate surface area is 187 Å². The van der Waals surface area contributed by atoms with E-state index in [1.165, 1.54) is 0 Å². The zero-order chi connectivity index (χ0) is 22.0. The summed E-state index contributed by atoms with van der Waals surface area (Å²) in [6.07, 6.45) is 9.34. The van der Waals surface area contributed by atoms with Gasteiger partial charge in [-0.25, -0.2) is 15.0 Å². The fourth-order valence-corrected chi connectivity index (χ4v) is 4.53. The molecular weight excluding hydrogens is 406 g/mol. The third kappa shape index (κ3) is 5.04. The van der Waals surface area contributed by atoms with Crippen molar-refractivity contribution in [2.45, 2.75) is 44.7 Å². The highest BCUT2D eigenvalue weighted by Gasteiger charge is 2.32. The summed E-state index contributed by atoms with van der Waals surface area (Å²) in [5.74, 6) is 1.89. The van der Waals surface area contributed by atoms with E-state index in [2.05, 4.69) is 37.1 Å². The lowest BCUT2D eigenvalue weighted by molar-refractivity contribution is 0.107. The number of pyridine rings is 1. The minimum absolute atomic E-state index is 0.0102. The van der Waals surface area contributed by atoms with Crippen LogP contribution in [-0.2, 0) is 4.74 Å². The molecule has 0 saturated carbocycles. The van der Waals surface area contributed by atoms with E-state index >= 15 is 0 Å². The Kier molecular flexibility index (Phi) is 6.54. The molecule has 2 aromatic rings. The number of hydrogen-bond donors (Lipinski definition) is 0. The lowest BCUT2D eigenvalue weighted by atomic mass is 9.62. The van der Waals surface area contributed by atoms with Crippen LogP contribution < -0.4 is 10.4 Å². The Morgan fingerprint density at radius 1 is 1.29 bits per heavy atom. The summed E-state index contributed by atoms with van der Waals surface area (Å²) in [5.41, 5.74) is 3.72. The lowest BCUT2D eigenvalue weighted by Gasteiger charge is -2.25. The third-order valence-electron chi connectivity index (χ3n) is 5.94. The van der Waals surface area contributed by atoms with Gasteiger partial charge in [0.05, 0.1) is 13.2 Å². The molecule has 2 aliphatic rings. The second-order valence-corrected chi connectivity index (χ2v) is 10.5. The van der Waals surface area contributed by atoms with Crippen molar-refractivity contribution in [1.82, 2.24) is 15.0 Å². The number of carbonyl (C=O) groups is 1. The molecule has 0 N–H and O–H groups in total. The van der Waals surface area contributed by atoms with Crippen LogP contribution in [-0.4, -0.2) is 59.4 Å². The summed E-state index contributed by atoms with van der Waals surface area (Å²) < 4.78 is 5.70. The topological polar surface area (TPSA) is 68.2 Å². The number of nitrogens with zero attached hydrogens (tertiary/aromatic N) is 4. The van der Waals surface area contributed by atoms with E-state index in [1.807, 2.05) is 26.1 Å². The Morgan fingerprint density at radius 2 is 2.06 bits per heavy atom. The molecule has 31 heavy (non-hydrogen) atoms. The Morgan fingerprint density at radius 3 is 2.68 bits per heavy atom. The number of rotatable bonds is 6. The SMILES string of the molecule is CC(C)c1ncc(C(=O)Bc2c(C3=CCCOC3)ccnc2N2CCC(C)(P)C2)cn1. The van der Waals surface area contributed by atoms with Crippen LogP contribution in [0.3, 0.4) is 0 Å². The van der Waals surface area contributed by atoms with Crippen molar-refractivity contribution >= 4 is 39.1 Å². The van der Waals surface area contributed by atoms with Crippen LogP contribution >= 0.6 is 9.24 Å². The third-order valence-corrected chi connectivity index (χ3v) is 6.41. The summed E-state index contributed by atoms with van der Waals surface area (Å²) in [6, 6.07) is 2.01. The molecule has 6 nitrogen and oxygen atoms in total. The summed E-state index contributed by atoms with van der Waals surface area (Å²) in [5, 5.41) is 0.159. The molecule has 162 valence electrons. The molecule has 8 heteroatoms. The van der Waals surface area contributed by atoms with Crippen molar-refractivity contribution in [3.05, 3.63) is 47.7 Å². The van der Waals surface area contributed by atoms with Crippen molar-refractivity contribution in [1.29, 1.82) is 0 Å². The number of carbonyl (C=O) groups excluding carboxylic acids is 1. The van der Waals surface area contributed by atoms with Gasteiger partial charge in [-0.15, -0.1) is 9.24 Å². The van der Waals surface area contributed by atoms with Crippen LogP contribution in [0.15, 0.2) is 30.7 Å². The summed E-state index contributed by atoms with van der Waals surface area (Å²) in [4.78, 5) is 29.0. The molecule has 0 aliphatic carbocycles. The Bertz CT molecular complexity index is 992. The van der Waals surface area contributed by atoms with Crippen molar-refractivity contribution in [2.75, 3.05) is 31.2 Å². The van der Waals surface area contributed by atoms with E-state index in [0.29, 0.717) is 12.2 Å². The minimum Gasteiger partial charge on any atom is -0.376 e. The van der Waals surface area contributed by atoms with Gasteiger partial charge in [0.15, 0.2) is 0 Å². The van der Waals surface area contributed by atoms with Crippen LogP contribution in [0, 0.1) is 0 Å². The second-order valence-electron chi connectivity index (χ2n) is 9.14. The normalized spacial score (nSPS) is 21.3. The molecule has 0 spiro atoms. The van der Waals surface area contributed by atoms with Crippen molar-refractivity contribution in [3.63, 3.8) is 0 Å². The van der Waals surface area contributed by atoms with Crippen LogP contribution in [0.5, 0.6) is 0 Å². The average Bonchev–Trinajstić information content (AvgIpc) is 3.14. The highest BCUT2D eigenvalue weighted by atomic mass is 31.0. The lowest BCUT2D eigenvalue weighted by Crippen LogP contribution is -2.37. The molecule has 0 radical (unpaired) electrons. The van der Waals surface area contributed by atoms with E-state index < -0.39 is 0 Å². The van der Waals surface area contributed by atoms with E-state index in [1.54, 1.807) is 12.4 Å². The molecule has 2 aliphatic heterocycles. The smallest absolute Gasteiger partial charge is 0.251 e. The predicted octanol–water partition coefficient (Wildman–Crippen LogP) is 2.54. The number of hydrogen-bond acceptors (Lipinski definition) is 6. The second kappa shape index (κ2) is 9.18. The molecule has 2 atom stereocenters. The van der Waals surface area contributed by atoms with Gasteiger partial charge >= 0.3 is 0 Å². The summed E-state index contributed by atoms with van der Waals surface area (Å²) in [7, 11) is 3.24. The molecule has 0 amide bonds. The standard InChI is InChI=1S/C23H30BN4O2P/c1-15(2)21-26-11-17(12-27-21)20(29)24-19-18(16-5-4-10-30-13-16)6-8-25-22(19)28-9-7-23(3,31)14-28/h5-6,8,11-12,15,24H,4,7,9-10,13-14,31H2,1-3H3. The molecule has 1 fully saturated rings. The van der Waals surface area contributed by atoms with Gasteiger partial charge in [0, 0.05) is 48.3 Å². The summed E-state index contributed by atoms with van der Waals surface area (Å²) >= 11 is 0. The van der Waals surface area contributed by atoms with Gasteiger partial charge in [-0.1, -0.05) is 26.8 Å². The Hall–Kier alpha value is -2.11. The quantitative estimate of drug-likeness (QED) is 0.512. The zero-order valence-corrected chi connectivity index (χ0v) is 19.8. The first kappa shape index (κ1) is 22.1. The first-order chi connectivity index (χ1) is 14.8. The predicted molar refractivity (Wildman–Crippen MR) is 130 cm³/mol. The van der Waals surface area contributed by atoms with Crippen LogP contribution in [0.1, 0.15) is 61.3 Å². The zero-order valence-electron chi connectivity index (χ0n) is 18.6. The van der Waals surface area contributed by atoms with Crippen molar-refractivity contribution in [2.24, 2.45) is 0 Å². The van der Waals surface area contributed by atoms with Crippen LogP contribution in [0.2, 0.25) is 0 Å². The molecule has 2 unspecified atom stereocenters. The number of anilines is 1.